The topological polar surface area (TPSA) is 105 Å². The number of esters is 1. The van der Waals surface area contributed by atoms with Crippen LogP contribution >= 0.6 is 23.2 Å². The van der Waals surface area contributed by atoms with Crippen molar-refractivity contribution < 1.29 is 29.0 Å². The first-order chi connectivity index (χ1) is 20.7. The van der Waals surface area contributed by atoms with Gasteiger partial charge in [-0.15, -0.1) is 23.2 Å². The molecule has 1 aromatic rings. The zero-order chi connectivity index (χ0) is 31.2. The van der Waals surface area contributed by atoms with E-state index in [0.717, 1.165) is 50.5 Å². The van der Waals surface area contributed by atoms with Crippen LogP contribution in [0.15, 0.2) is 35.9 Å². The number of ether oxygens (including phenoxy) is 2. The number of hydrogen-bond donors (Lipinski definition) is 2. The molecular weight excluding hydrogens is 591 g/mol. The Balaban J connectivity index is 0.00000207. The van der Waals surface area contributed by atoms with E-state index in [1.54, 1.807) is 6.08 Å². The third kappa shape index (κ3) is 7.02. The van der Waals surface area contributed by atoms with Gasteiger partial charge in [-0.25, -0.2) is 0 Å². The molecule has 10 heteroatoms. The summed E-state index contributed by atoms with van der Waals surface area (Å²) >= 11 is 11.8. The molecule has 8 nitrogen and oxygen atoms in total. The van der Waals surface area contributed by atoms with Crippen molar-refractivity contribution in [1.29, 1.82) is 0 Å². The van der Waals surface area contributed by atoms with Crippen molar-refractivity contribution in [2.24, 2.45) is 28.6 Å². The van der Waals surface area contributed by atoms with Gasteiger partial charge in [0.2, 0.25) is 5.91 Å². The number of fused-ring (bicyclic) bond motifs is 5. The molecule has 4 aliphatic rings. The average molecular weight is 638 g/mol. The van der Waals surface area contributed by atoms with Gasteiger partial charge in [-0.1, -0.05) is 19.4 Å². The van der Waals surface area contributed by atoms with Crippen molar-refractivity contribution >= 4 is 46.5 Å². The van der Waals surface area contributed by atoms with E-state index in [2.05, 4.69) is 24.1 Å². The molecule has 6 atom stereocenters. The Morgan fingerprint density at radius 3 is 2.44 bits per heavy atom. The third-order valence-corrected chi connectivity index (χ3v) is 10.7. The number of nitrogens with one attached hydrogen (secondary N) is 1. The van der Waals surface area contributed by atoms with E-state index in [4.69, 9.17) is 37.8 Å². The van der Waals surface area contributed by atoms with Gasteiger partial charge in [-0.3, -0.25) is 14.4 Å². The Labute approximate surface area is 265 Å². The number of carbonyl (C=O) groups is 3. The molecule has 0 saturated heterocycles. The number of nitrogens with zero attached hydrogens (tertiary/aromatic N) is 1. The van der Waals surface area contributed by atoms with E-state index in [-0.39, 0.29) is 59.5 Å². The molecule has 3 unspecified atom stereocenters. The Morgan fingerprint density at radius 2 is 1.77 bits per heavy atom. The molecule has 3 saturated carbocycles. The number of rotatable bonds is 10. The van der Waals surface area contributed by atoms with E-state index < -0.39 is 0 Å². The largest absolute Gasteiger partial charge is 0.493 e. The lowest BCUT2D eigenvalue weighted by atomic mass is 9.48. The maximum absolute atomic E-state index is 13.8. The first-order valence-corrected chi connectivity index (χ1v) is 16.5. The van der Waals surface area contributed by atoms with Crippen molar-refractivity contribution in [2.45, 2.75) is 64.9 Å². The van der Waals surface area contributed by atoms with Crippen molar-refractivity contribution in [1.82, 2.24) is 5.32 Å². The average Bonchev–Trinajstić information content (AvgIpc) is 3.21. The molecule has 0 spiro atoms. The van der Waals surface area contributed by atoms with E-state index >= 15 is 0 Å². The van der Waals surface area contributed by atoms with Crippen molar-refractivity contribution in [3.63, 3.8) is 0 Å². The van der Waals surface area contributed by atoms with Crippen LogP contribution in [0.1, 0.15) is 58.8 Å². The standard InChI is InChI=1S/C32H42Cl2N2O5.CH4O/c1-31-12-15-35-28(38)19-21(31)3-8-24-25-9-10-27(32(25,2)20-26(37)30(24)31)41-29(39)11-18-40-23-6-4-22(5-7-23)36(16-13-33)17-14-34;1-2/h4-7,19,24-25,27,30H,3,8-18,20H2,1-2H3,(H,35,38);2H,1H3/t24?,25-,27-,30+,31?,32?;/m0./s1. The fraction of sp³-hybridized carbons (Fsp3) is 0.667. The lowest BCUT2D eigenvalue weighted by Gasteiger charge is -2.55. The van der Waals surface area contributed by atoms with Crippen LogP contribution in [0.4, 0.5) is 5.69 Å². The van der Waals surface area contributed by atoms with E-state index in [1.807, 2.05) is 24.3 Å². The lowest BCUT2D eigenvalue weighted by molar-refractivity contribution is -0.165. The fourth-order valence-corrected chi connectivity index (χ4v) is 8.74. The second-order valence-corrected chi connectivity index (χ2v) is 13.3. The van der Waals surface area contributed by atoms with Crippen LogP contribution in [0.5, 0.6) is 5.75 Å². The number of ketones is 1. The molecule has 0 radical (unpaired) electrons. The molecule has 1 amide bonds. The molecule has 2 N–H and O–H groups in total. The number of carbonyl (C=O) groups excluding carboxylic acids is 3. The van der Waals surface area contributed by atoms with E-state index in [9.17, 15) is 14.4 Å². The molecule has 0 aromatic heterocycles. The second-order valence-electron chi connectivity index (χ2n) is 12.6. The van der Waals surface area contributed by atoms with Crippen LogP contribution in [0.2, 0.25) is 0 Å². The summed E-state index contributed by atoms with van der Waals surface area (Å²) in [6.45, 7) is 6.58. The van der Waals surface area contributed by atoms with Crippen LogP contribution in [0.3, 0.4) is 0 Å². The van der Waals surface area contributed by atoms with Crippen molar-refractivity contribution in [3.05, 3.63) is 35.9 Å². The summed E-state index contributed by atoms with van der Waals surface area (Å²) in [5.41, 5.74) is 1.52. The summed E-state index contributed by atoms with van der Waals surface area (Å²) in [6.07, 6.45) is 6.36. The summed E-state index contributed by atoms with van der Waals surface area (Å²) in [7, 11) is 1.00. The summed E-state index contributed by atoms with van der Waals surface area (Å²) in [4.78, 5) is 41.0. The molecule has 238 valence electrons. The fourth-order valence-electron chi connectivity index (χ4n) is 8.34. The van der Waals surface area contributed by atoms with Gasteiger partial charge in [-0.2, -0.15) is 0 Å². The number of aliphatic hydroxyl groups excluding tert-OH is 1. The molecule has 43 heavy (non-hydrogen) atoms. The van der Waals surface area contributed by atoms with Crippen molar-refractivity contribution in [3.8, 4) is 5.75 Å². The summed E-state index contributed by atoms with van der Waals surface area (Å²) in [5.74, 6) is 2.19. The van der Waals surface area contributed by atoms with Gasteiger partial charge in [0, 0.05) is 73.4 Å². The second kappa shape index (κ2) is 14.7. The van der Waals surface area contributed by atoms with E-state index in [1.165, 1.54) is 0 Å². The summed E-state index contributed by atoms with van der Waals surface area (Å²) in [6, 6.07) is 7.70. The smallest absolute Gasteiger partial charge is 0.309 e. The Morgan fingerprint density at radius 1 is 1.07 bits per heavy atom. The molecule has 1 aliphatic heterocycles. The molecule has 5 rings (SSSR count). The first kappa shape index (κ1) is 33.6. The minimum absolute atomic E-state index is 0.0414. The number of Topliss-reactive ketones (excluding diaryl/α,β-unsaturated/α-hetero) is 1. The van der Waals surface area contributed by atoms with Crippen LogP contribution in [0.25, 0.3) is 0 Å². The number of aliphatic hydroxyl groups is 1. The summed E-state index contributed by atoms with van der Waals surface area (Å²) < 4.78 is 11.9. The number of halogens is 2. The molecule has 3 fully saturated rings. The minimum Gasteiger partial charge on any atom is -0.493 e. The lowest BCUT2D eigenvalue weighted by Crippen LogP contribution is -2.55. The summed E-state index contributed by atoms with van der Waals surface area (Å²) in [5, 5.41) is 9.96. The highest BCUT2D eigenvalue weighted by Crippen LogP contribution is 2.64. The number of amides is 1. The van der Waals surface area contributed by atoms with Gasteiger partial charge in [0.15, 0.2) is 0 Å². The van der Waals surface area contributed by atoms with Crippen molar-refractivity contribution in [2.75, 3.05) is 50.0 Å². The van der Waals surface area contributed by atoms with Crippen LogP contribution < -0.4 is 15.0 Å². The number of anilines is 1. The number of alkyl halides is 2. The van der Waals surface area contributed by atoms with E-state index in [0.29, 0.717) is 49.5 Å². The number of hydrogen-bond acceptors (Lipinski definition) is 7. The molecule has 0 bridgehead atoms. The van der Waals surface area contributed by atoms with Crippen LogP contribution in [-0.2, 0) is 19.1 Å². The zero-order valence-electron chi connectivity index (χ0n) is 25.6. The monoisotopic (exact) mass is 636 g/mol. The number of allylic oxidation sites excluding steroid dienone is 1. The molecule has 1 heterocycles. The van der Waals surface area contributed by atoms with Gasteiger partial charge >= 0.3 is 5.97 Å². The highest BCUT2D eigenvalue weighted by Gasteiger charge is 2.62. The normalized spacial score (nSPS) is 31.2. The predicted molar refractivity (Wildman–Crippen MR) is 169 cm³/mol. The van der Waals surface area contributed by atoms with Crippen LogP contribution in [-0.4, -0.2) is 74.0 Å². The maximum atomic E-state index is 13.8. The minimum atomic E-state index is -0.348. The van der Waals surface area contributed by atoms with Crippen LogP contribution in [0, 0.1) is 28.6 Å². The van der Waals surface area contributed by atoms with Gasteiger partial charge in [0.25, 0.3) is 0 Å². The molecule has 1 aromatic carbocycles. The Bertz CT molecular complexity index is 1170. The van der Waals surface area contributed by atoms with Gasteiger partial charge in [-0.05, 0) is 68.2 Å². The first-order valence-electron chi connectivity index (χ1n) is 15.4. The Kier molecular flexibility index (Phi) is 11.5. The molecular formula is C33H46Cl2N2O6. The quantitative estimate of drug-likeness (QED) is 0.271. The van der Waals surface area contributed by atoms with Gasteiger partial charge < -0.3 is 24.8 Å². The van der Waals surface area contributed by atoms with Gasteiger partial charge in [0.1, 0.15) is 17.6 Å². The predicted octanol–water partition coefficient (Wildman–Crippen LogP) is 5.13. The molecule has 3 aliphatic carbocycles. The van der Waals surface area contributed by atoms with Gasteiger partial charge in [0.05, 0.1) is 13.0 Å². The zero-order valence-corrected chi connectivity index (χ0v) is 27.1. The Hall–Kier alpha value is -2.29. The third-order valence-electron chi connectivity index (χ3n) is 10.3. The highest BCUT2D eigenvalue weighted by atomic mass is 35.5. The SMILES string of the molecule is CC12CCNC(=O)C=C1CCC1[C@@H]2C(=O)CC2(C)[C@@H](OC(=O)CCOc3ccc(N(CCCl)CCCl)cc3)CC[C@@H]12.CO. The maximum Gasteiger partial charge on any atom is 0.309 e. The number of benzene rings is 1. The highest BCUT2D eigenvalue weighted by molar-refractivity contribution is 6.18.